The highest BCUT2D eigenvalue weighted by atomic mass is 35.6. The van der Waals surface area contributed by atoms with Gasteiger partial charge in [-0.05, 0) is 12.6 Å². The Kier molecular flexibility index (Phi) is 3.86. The van der Waals surface area contributed by atoms with E-state index >= 15 is 0 Å². The summed E-state index contributed by atoms with van der Waals surface area (Å²) in [5, 5.41) is 0. The van der Waals surface area contributed by atoms with Crippen LogP contribution in [0.3, 0.4) is 0 Å². The fourth-order valence-corrected chi connectivity index (χ4v) is 1.68. The zero-order valence-electron chi connectivity index (χ0n) is 6.33. The predicted octanol–water partition coefficient (Wildman–Crippen LogP) is 2.90. The lowest BCUT2D eigenvalue weighted by molar-refractivity contribution is -0.131. The first-order valence-corrected chi connectivity index (χ1v) is 6.70. The number of hydrogen-bond acceptors (Lipinski definition) is 1. The molecule has 0 aromatic rings. The maximum atomic E-state index is 11.6. The van der Waals surface area contributed by atoms with Crippen molar-refractivity contribution in [1.82, 2.24) is 0 Å². The van der Waals surface area contributed by atoms with Gasteiger partial charge < -0.3 is 4.43 Å². The van der Waals surface area contributed by atoms with Crippen molar-refractivity contribution in [2.45, 2.75) is 25.2 Å². The first-order chi connectivity index (χ1) is 4.77. The Labute approximate surface area is 69.3 Å². The SMILES string of the molecule is CO[Si](C)(Cl)CCC(F)(F)F. The molecule has 11 heavy (non-hydrogen) atoms. The van der Waals surface area contributed by atoms with E-state index in [-0.39, 0.29) is 6.04 Å². The van der Waals surface area contributed by atoms with Gasteiger partial charge in [-0.3, -0.25) is 0 Å². The van der Waals surface area contributed by atoms with Crippen LogP contribution < -0.4 is 0 Å². The molecule has 1 unspecified atom stereocenters. The molecule has 0 aliphatic rings. The van der Waals surface area contributed by atoms with Gasteiger partial charge in [-0.15, -0.1) is 11.1 Å². The van der Waals surface area contributed by atoms with E-state index in [1.165, 1.54) is 7.11 Å². The lowest BCUT2D eigenvalue weighted by atomic mass is 10.5. The van der Waals surface area contributed by atoms with E-state index in [9.17, 15) is 13.2 Å². The monoisotopic (exact) mass is 206 g/mol. The number of halogens is 4. The van der Waals surface area contributed by atoms with E-state index in [4.69, 9.17) is 15.5 Å². The predicted molar refractivity (Wildman–Crippen MR) is 40.0 cm³/mol. The van der Waals surface area contributed by atoms with Crippen LogP contribution >= 0.6 is 11.1 Å². The molecule has 0 rings (SSSR count). The first-order valence-electron chi connectivity index (χ1n) is 3.08. The fourth-order valence-electron chi connectivity index (χ4n) is 0.467. The van der Waals surface area contributed by atoms with Crippen LogP contribution in [0.25, 0.3) is 0 Å². The van der Waals surface area contributed by atoms with E-state index in [0.29, 0.717) is 0 Å². The molecule has 1 nitrogen and oxygen atoms in total. The average Bonchev–Trinajstić information content (AvgIpc) is 1.83. The van der Waals surface area contributed by atoms with Crippen molar-refractivity contribution in [3.63, 3.8) is 0 Å². The Hall–Kier alpha value is 0.257. The van der Waals surface area contributed by atoms with E-state index in [0.717, 1.165) is 0 Å². The van der Waals surface area contributed by atoms with Crippen molar-refractivity contribution in [3.8, 4) is 0 Å². The molecule has 68 valence electrons. The van der Waals surface area contributed by atoms with Gasteiger partial charge in [0.05, 0.1) is 0 Å². The average molecular weight is 207 g/mol. The Morgan fingerprint density at radius 3 is 2.18 bits per heavy atom. The summed E-state index contributed by atoms with van der Waals surface area (Å²) in [6.07, 6.45) is -4.98. The van der Waals surface area contributed by atoms with Crippen LogP contribution in [0.2, 0.25) is 12.6 Å². The summed E-state index contributed by atoms with van der Waals surface area (Å²) in [6, 6.07) is -0.0887. The molecule has 0 N–H and O–H groups in total. The fraction of sp³-hybridized carbons (Fsp3) is 1.00. The Morgan fingerprint density at radius 1 is 1.45 bits per heavy atom. The third-order valence-electron chi connectivity index (χ3n) is 1.28. The number of alkyl halides is 3. The Bertz CT molecular complexity index is 125. The maximum Gasteiger partial charge on any atom is 0.388 e. The Morgan fingerprint density at radius 2 is 1.91 bits per heavy atom. The van der Waals surface area contributed by atoms with Gasteiger partial charge in [0, 0.05) is 13.5 Å². The molecule has 0 fully saturated rings. The van der Waals surface area contributed by atoms with Crippen LogP contribution in [0.5, 0.6) is 0 Å². The molecule has 6 heteroatoms. The van der Waals surface area contributed by atoms with E-state index in [1.54, 1.807) is 6.55 Å². The molecule has 0 spiro atoms. The summed E-state index contributed by atoms with van der Waals surface area (Å²) < 4.78 is 39.6. The standard InChI is InChI=1S/C5H10ClF3OSi/c1-10-11(2,6)4-3-5(7,8)9/h3-4H2,1-2H3. The number of rotatable bonds is 3. The second-order valence-corrected chi connectivity index (χ2v) is 7.93. The van der Waals surface area contributed by atoms with Gasteiger partial charge in [0.1, 0.15) is 0 Å². The molecule has 0 aromatic carbocycles. The van der Waals surface area contributed by atoms with Crippen LogP contribution in [0, 0.1) is 0 Å². The molecule has 0 heterocycles. The lowest BCUT2D eigenvalue weighted by Crippen LogP contribution is -2.27. The summed E-state index contributed by atoms with van der Waals surface area (Å²) in [7, 11) is -1.19. The van der Waals surface area contributed by atoms with Gasteiger partial charge in [-0.1, -0.05) is 0 Å². The van der Waals surface area contributed by atoms with Gasteiger partial charge in [0.2, 0.25) is 0 Å². The van der Waals surface area contributed by atoms with Crippen LogP contribution in [-0.4, -0.2) is 20.9 Å². The van der Waals surface area contributed by atoms with Gasteiger partial charge in [-0.2, -0.15) is 13.2 Å². The van der Waals surface area contributed by atoms with Crippen LogP contribution in [0.4, 0.5) is 13.2 Å². The minimum atomic E-state index is -4.12. The summed E-state index contributed by atoms with van der Waals surface area (Å²) >= 11 is 5.64. The molecule has 1 atom stereocenters. The molecule has 0 aromatic heterocycles. The summed E-state index contributed by atoms with van der Waals surface area (Å²) in [5.41, 5.74) is 0. The highest BCUT2D eigenvalue weighted by Gasteiger charge is 2.34. The topological polar surface area (TPSA) is 9.23 Å². The van der Waals surface area contributed by atoms with Gasteiger partial charge >= 0.3 is 6.18 Å². The summed E-state index contributed by atoms with van der Waals surface area (Å²) in [4.78, 5) is 0. The van der Waals surface area contributed by atoms with E-state index in [1.807, 2.05) is 0 Å². The highest BCUT2D eigenvalue weighted by Crippen LogP contribution is 2.27. The third-order valence-corrected chi connectivity index (χ3v) is 4.30. The molecule has 0 aliphatic heterocycles. The summed E-state index contributed by atoms with van der Waals surface area (Å²) in [6.45, 7) is 1.54. The first kappa shape index (κ1) is 11.3. The van der Waals surface area contributed by atoms with E-state index < -0.39 is 20.2 Å². The molecule has 0 amide bonds. The van der Waals surface area contributed by atoms with Crippen molar-refractivity contribution in [2.75, 3.05) is 7.11 Å². The van der Waals surface area contributed by atoms with Gasteiger partial charge in [-0.25, -0.2) is 0 Å². The quantitative estimate of drug-likeness (QED) is 0.510. The summed E-state index contributed by atoms with van der Waals surface area (Å²) in [5.74, 6) is 0. The second-order valence-electron chi connectivity index (χ2n) is 2.42. The van der Waals surface area contributed by atoms with Crippen molar-refractivity contribution < 1.29 is 17.6 Å². The molecular formula is C5H10ClF3OSi. The van der Waals surface area contributed by atoms with Gasteiger partial charge in [0.15, 0.2) is 0 Å². The molecule has 0 saturated carbocycles. The van der Waals surface area contributed by atoms with Crippen molar-refractivity contribution >= 4 is 18.7 Å². The zero-order chi connectivity index (χ0) is 9.12. The second kappa shape index (κ2) is 3.78. The van der Waals surface area contributed by atoms with Crippen LogP contribution in [0.15, 0.2) is 0 Å². The molecular weight excluding hydrogens is 197 g/mol. The normalized spacial score (nSPS) is 18.0. The molecule has 0 bridgehead atoms. The van der Waals surface area contributed by atoms with Crippen molar-refractivity contribution in [3.05, 3.63) is 0 Å². The van der Waals surface area contributed by atoms with E-state index in [2.05, 4.69) is 0 Å². The lowest BCUT2D eigenvalue weighted by Gasteiger charge is -2.17. The third kappa shape index (κ3) is 6.65. The highest BCUT2D eigenvalue weighted by molar-refractivity contribution is 7.16. The molecule has 0 saturated heterocycles. The minimum Gasteiger partial charge on any atom is -0.407 e. The zero-order valence-corrected chi connectivity index (χ0v) is 8.09. The largest absolute Gasteiger partial charge is 0.407 e. The van der Waals surface area contributed by atoms with Gasteiger partial charge in [0.25, 0.3) is 7.63 Å². The maximum absolute atomic E-state index is 11.6. The van der Waals surface area contributed by atoms with Crippen LogP contribution in [0.1, 0.15) is 6.42 Å². The Balaban J connectivity index is 3.70. The molecule has 0 radical (unpaired) electrons. The van der Waals surface area contributed by atoms with Crippen molar-refractivity contribution in [1.29, 1.82) is 0 Å². The smallest absolute Gasteiger partial charge is 0.388 e. The minimum absolute atomic E-state index is 0.0887. The molecule has 0 aliphatic carbocycles. The van der Waals surface area contributed by atoms with Crippen LogP contribution in [-0.2, 0) is 4.43 Å². The van der Waals surface area contributed by atoms with Crippen molar-refractivity contribution in [2.24, 2.45) is 0 Å². The number of hydrogen-bond donors (Lipinski definition) is 0.